The van der Waals surface area contributed by atoms with E-state index in [1.54, 1.807) is 12.1 Å². The van der Waals surface area contributed by atoms with Crippen LogP contribution in [0.5, 0.6) is 0 Å². The third kappa shape index (κ3) is 2.77. The van der Waals surface area contributed by atoms with Crippen molar-refractivity contribution in [3.8, 4) is 0 Å². The number of nitrogens with zero attached hydrogens (tertiary/aromatic N) is 1. The molecule has 0 bridgehead atoms. The maximum Gasteiger partial charge on any atom is 0.491 e. The van der Waals surface area contributed by atoms with Crippen molar-refractivity contribution in [1.82, 2.24) is 0 Å². The second kappa shape index (κ2) is 5.46. The molecule has 0 unspecified atom stereocenters. The molecule has 0 aromatic heterocycles. The summed E-state index contributed by atoms with van der Waals surface area (Å²) in [5.74, 6) is -0.937. The third-order valence-corrected chi connectivity index (χ3v) is 3.75. The molecule has 0 atom stereocenters. The highest BCUT2D eigenvalue weighted by molar-refractivity contribution is 6.58. The van der Waals surface area contributed by atoms with Crippen molar-refractivity contribution in [1.29, 1.82) is 0 Å². The number of anilines is 1. The Kier molecular flexibility index (Phi) is 3.65. The smallest absolute Gasteiger partial charge is 0.423 e. The first kappa shape index (κ1) is 14.0. The van der Waals surface area contributed by atoms with Crippen LogP contribution >= 0.6 is 0 Å². The van der Waals surface area contributed by atoms with Crippen LogP contribution < -0.4 is 10.4 Å². The van der Waals surface area contributed by atoms with Gasteiger partial charge in [0.15, 0.2) is 0 Å². The molecule has 1 aliphatic heterocycles. The van der Waals surface area contributed by atoms with Crippen molar-refractivity contribution in [3.05, 3.63) is 59.2 Å². The molecule has 0 spiro atoms. The van der Waals surface area contributed by atoms with Crippen molar-refractivity contribution in [3.63, 3.8) is 0 Å². The molecule has 0 saturated carbocycles. The van der Waals surface area contributed by atoms with Gasteiger partial charge in [0.05, 0.1) is 0 Å². The fourth-order valence-corrected chi connectivity index (χ4v) is 2.69. The molecule has 6 heteroatoms. The second-order valence-electron chi connectivity index (χ2n) is 5.17. The molecular weight excluding hydrogens is 275 g/mol. The van der Waals surface area contributed by atoms with E-state index < -0.39 is 12.9 Å². The average molecular weight is 289 g/mol. The van der Waals surface area contributed by atoms with Gasteiger partial charge in [-0.3, -0.25) is 0 Å². The molecular formula is C15H14BF2NO2. The number of halogens is 2. The first-order valence-electron chi connectivity index (χ1n) is 6.72. The lowest BCUT2D eigenvalue weighted by Crippen LogP contribution is -2.33. The van der Waals surface area contributed by atoms with E-state index >= 15 is 0 Å². The molecule has 3 rings (SSSR count). The lowest BCUT2D eigenvalue weighted by molar-refractivity contribution is 0.423. The third-order valence-electron chi connectivity index (χ3n) is 3.75. The van der Waals surface area contributed by atoms with Gasteiger partial charge in [0, 0.05) is 24.2 Å². The monoisotopic (exact) mass is 289 g/mol. The fraction of sp³-hybridized carbons (Fsp3) is 0.200. The zero-order chi connectivity index (χ0) is 15.0. The van der Waals surface area contributed by atoms with Crippen LogP contribution in [0.2, 0.25) is 0 Å². The summed E-state index contributed by atoms with van der Waals surface area (Å²) in [6.07, 6.45) is 0.840. The number of rotatable bonds is 3. The van der Waals surface area contributed by atoms with Crippen molar-refractivity contribution in [2.24, 2.45) is 0 Å². The highest BCUT2D eigenvalue weighted by atomic mass is 19.1. The van der Waals surface area contributed by atoms with E-state index in [1.165, 1.54) is 24.3 Å². The quantitative estimate of drug-likeness (QED) is 0.835. The van der Waals surface area contributed by atoms with Crippen LogP contribution in [0.3, 0.4) is 0 Å². The first-order chi connectivity index (χ1) is 10.0. The zero-order valence-corrected chi connectivity index (χ0v) is 11.3. The topological polar surface area (TPSA) is 43.7 Å². The Hall–Kier alpha value is -1.92. The summed E-state index contributed by atoms with van der Waals surface area (Å²) in [6.45, 7) is 1.23. The first-order valence-corrected chi connectivity index (χ1v) is 6.72. The Morgan fingerprint density at radius 2 is 1.90 bits per heavy atom. The molecule has 2 N–H and O–H groups in total. The molecule has 0 aliphatic carbocycles. The molecule has 3 nitrogen and oxygen atoms in total. The molecule has 0 radical (unpaired) electrons. The standard InChI is InChI=1S/C15H14BF2NO2/c17-12-3-2-11-5-6-19(15(11)8-12)9-10-1-4-14(18)13(7-10)16(20)21/h1-4,7-8,20-21H,5-6,9H2. The Balaban J connectivity index is 1.86. The average Bonchev–Trinajstić information content (AvgIpc) is 2.83. The fourth-order valence-electron chi connectivity index (χ4n) is 2.69. The van der Waals surface area contributed by atoms with E-state index in [0.717, 1.165) is 29.8 Å². The minimum Gasteiger partial charge on any atom is -0.423 e. The molecule has 1 aliphatic rings. The molecule has 0 fully saturated rings. The van der Waals surface area contributed by atoms with Gasteiger partial charge in [0.25, 0.3) is 0 Å². The van der Waals surface area contributed by atoms with Gasteiger partial charge < -0.3 is 14.9 Å². The molecule has 2 aromatic carbocycles. The summed E-state index contributed by atoms with van der Waals surface area (Å²) in [5.41, 5.74) is 2.52. The minimum absolute atomic E-state index is 0.147. The number of hydrogen-bond donors (Lipinski definition) is 2. The van der Waals surface area contributed by atoms with Gasteiger partial charge in [-0.05, 0) is 35.7 Å². The predicted molar refractivity (Wildman–Crippen MR) is 77.4 cm³/mol. The van der Waals surface area contributed by atoms with E-state index in [-0.39, 0.29) is 11.3 Å². The van der Waals surface area contributed by atoms with E-state index in [2.05, 4.69) is 0 Å². The van der Waals surface area contributed by atoms with Crippen molar-refractivity contribution < 1.29 is 18.8 Å². The molecule has 0 saturated heterocycles. The zero-order valence-electron chi connectivity index (χ0n) is 11.3. The minimum atomic E-state index is -1.84. The summed E-state index contributed by atoms with van der Waals surface area (Å²) >= 11 is 0. The van der Waals surface area contributed by atoms with Crippen molar-refractivity contribution in [2.75, 3.05) is 11.4 Å². The van der Waals surface area contributed by atoms with Crippen LogP contribution in [0.15, 0.2) is 36.4 Å². The SMILES string of the molecule is OB(O)c1cc(CN2CCc3ccc(F)cc32)ccc1F. The van der Waals surface area contributed by atoms with Crippen LogP contribution in [0, 0.1) is 11.6 Å². The molecule has 2 aromatic rings. The van der Waals surface area contributed by atoms with Crippen LogP contribution in [0.1, 0.15) is 11.1 Å². The van der Waals surface area contributed by atoms with Gasteiger partial charge in [0.1, 0.15) is 11.6 Å². The lowest BCUT2D eigenvalue weighted by atomic mass is 9.79. The van der Waals surface area contributed by atoms with E-state index in [9.17, 15) is 8.78 Å². The van der Waals surface area contributed by atoms with E-state index in [0.29, 0.717) is 6.54 Å². The summed E-state index contributed by atoms with van der Waals surface area (Å²) in [6, 6.07) is 8.95. The summed E-state index contributed by atoms with van der Waals surface area (Å²) < 4.78 is 26.8. The summed E-state index contributed by atoms with van der Waals surface area (Å²) in [5, 5.41) is 18.3. The van der Waals surface area contributed by atoms with Crippen LogP contribution in [0.4, 0.5) is 14.5 Å². The van der Waals surface area contributed by atoms with Gasteiger partial charge in [-0.2, -0.15) is 0 Å². The second-order valence-corrected chi connectivity index (χ2v) is 5.17. The van der Waals surface area contributed by atoms with Gasteiger partial charge in [-0.25, -0.2) is 8.78 Å². The maximum absolute atomic E-state index is 13.4. The van der Waals surface area contributed by atoms with Gasteiger partial charge in [-0.15, -0.1) is 0 Å². The molecule has 108 valence electrons. The van der Waals surface area contributed by atoms with Gasteiger partial charge >= 0.3 is 7.12 Å². The summed E-state index contributed by atoms with van der Waals surface area (Å²) in [4.78, 5) is 2.00. The maximum atomic E-state index is 13.4. The summed E-state index contributed by atoms with van der Waals surface area (Å²) in [7, 11) is -1.84. The van der Waals surface area contributed by atoms with Crippen molar-refractivity contribution in [2.45, 2.75) is 13.0 Å². The molecule has 0 amide bonds. The van der Waals surface area contributed by atoms with Gasteiger partial charge in [0.2, 0.25) is 0 Å². The van der Waals surface area contributed by atoms with Crippen molar-refractivity contribution >= 4 is 18.3 Å². The number of fused-ring (bicyclic) bond motifs is 1. The number of hydrogen-bond acceptors (Lipinski definition) is 3. The largest absolute Gasteiger partial charge is 0.491 e. The van der Waals surface area contributed by atoms with E-state index in [1.807, 2.05) is 4.90 Å². The Morgan fingerprint density at radius 1 is 1.10 bits per heavy atom. The Labute approximate surface area is 121 Å². The highest BCUT2D eigenvalue weighted by Crippen LogP contribution is 2.29. The van der Waals surface area contributed by atoms with Crippen LogP contribution in [-0.4, -0.2) is 23.7 Å². The van der Waals surface area contributed by atoms with Crippen LogP contribution in [0.25, 0.3) is 0 Å². The Bertz CT molecular complexity index is 679. The molecule has 1 heterocycles. The van der Waals surface area contributed by atoms with Crippen LogP contribution in [-0.2, 0) is 13.0 Å². The van der Waals surface area contributed by atoms with Gasteiger partial charge in [-0.1, -0.05) is 18.2 Å². The normalized spacial score (nSPS) is 13.4. The molecule has 21 heavy (non-hydrogen) atoms. The number of benzene rings is 2. The lowest BCUT2D eigenvalue weighted by Gasteiger charge is -2.20. The Morgan fingerprint density at radius 3 is 2.67 bits per heavy atom. The van der Waals surface area contributed by atoms with E-state index in [4.69, 9.17) is 10.0 Å². The highest BCUT2D eigenvalue weighted by Gasteiger charge is 2.21. The predicted octanol–water partition coefficient (Wildman–Crippen LogP) is 1.21.